The number of hydrogen-bond donors (Lipinski definition) is 1. The van der Waals surface area contributed by atoms with E-state index in [4.69, 9.17) is 39.5 Å². The fraction of sp³-hybridized carbons (Fsp3) is 0.333. The van der Waals surface area contributed by atoms with Gasteiger partial charge in [0.1, 0.15) is 11.4 Å². The van der Waals surface area contributed by atoms with E-state index in [-0.39, 0.29) is 21.5 Å². The van der Waals surface area contributed by atoms with Gasteiger partial charge in [0, 0.05) is 23.7 Å². The summed E-state index contributed by atoms with van der Waals surface area (Å²) in [5.74, 6) is 0.608. The molecule has 0 fully saturated rings. The van der Waals surface area contributed by atoms with Gasteiger partial charge in [-0.1, -0.05) is 34.8 Å². The van der Waals surface area contributed by atoms with Gasteiger partial charge >= 0.3 is 8.25 Å². The van der Waals surface area contributed by atoms with Crippen LogP contribution in [0.1, 0.15) is 20.8 Å². The third-order valence-corrected chi connectivity index (χ3v) is 5.07. The molecule has 0 saturated heterocycles. The second-order valence-electron chi connectivity index (χ2n) is 5.38. The molecular formula is C18H22Cl3N2O6P. The van der Waals surface area contributed by atoms with Gasteiger partial charge in [0.05, 0.1) is 28.2 Å². The normalized spacial score (nSPS) is 10.4. The summed E-state index contributed by atoms with van der Waals surface area (Å²) in [6.07, 6.45) is 0. The van der Waals surface area contributed by atoms with Crippen LogP contribution in [0.3, 0.4) is 0 Å². The summed E-state index contributed by atoms with van der Waals surface area (Å²) < 4.78 is 25.2. The van der Waals surface area contributed by atoms with Gasteiger partial charge in [-0.15, -0.1) is 0 Å². The molecule has 0 spiro atoms. The van der Waals surface area contributed by atoms with Crippen LogP contribution < -0.4 is 10.1 Å². The monoisotopic (exact) mass is 498 g/mol. The van der Waals surface area contributed by atoms with Crippen LogP contribution in [0.5, 0.6) is 11.5 Å². The molecule has 0 aliphatic heterocycles. The first-order valence-corrected chi connectivity index (χ1v) is 11.2. The number of nitrogens with one attached hydrogen (secondary N) is 1. The Kier molecular flexibility index (Phi) is 12.1. The van der Waals surface area contributed by atoms with Gasteiger partial charge < -0.3 is 19.1 Å². The molecule has 166 valence electrons. The van der Waals surface area contributed by atoms with Crippen molar-refractivity contribution in [3.8, 4) is 11.5 Å². The van der Waals surface area contributed by atoms with Crippen LogP contribution >= 0.6 is 43.1 Å². The lowest BCUT2D eigenvalue weighted by Crippen LogP contribution is -2.01. The minimum absolute atomic E-state index is 0.0394. The number of halogens is 3. The van der Waals surface area contributed by atoms with E-state index in [9.17, 15) is 14.7 Å². The van der Waals surface area contributed by atoms with E-state index in [1.165, 1.54) is 30.3 Å². The van der Waals surface area contributed by atoms with Gasteiger partial charge in [-0.3, -0.25) is 14.7 Å². The van der Waals surface area contributed by atoms with Crippen LogP contribution in [-0.2, 0) is 13.6 Å². The lowest BCUT2D eigenvalue weighted by molar-refractivity contribution is -0.384. The molecule has 0 heterocycles. The molecule has 8 nitrogen and oxygen atoms in total. The standard InChI is InChI=1S/C14H11Cl3N2O3.C4H11O3P/c1-2-18-12-7-9(3-4-13(12)19(20)21)22-14-10(16)5-8(15)6-11(14)17;1-3-6-8(5)7-4-2/h3-7,18H,2H2,1H3;8H,3-4H2,1-2H3. The number of nitrogens with zero attached hydrogens (tertiary/aromatic N) is 1. The molecule has 2 aromatic rings. The third-order valence-electron chi connectivity index (χ3n) is 3.24. The Morgan fingerprint density at radius 3 is 2.07 bits per heavy atom. The van der Waals surface area contributed by atoms with E-state index >= 15 is 0 Å². The van der Waals surface area contributed by atoms with Crippen molar-refractivity contribution < 1.29 is 23.3 Å². The average molecular weight is 500 g/mol. The second kappa shape index (κ2) is 13.7. The van der Waals surface area contributed by atoms with Crippen molar-refractivity contribution >= 4 is 54.4 Å². The van der Waals surface area contributed by atoms with Crippen molar-refractivity contribution in [3.63, 3.8) is 0 Å². The Balaban J connectivity index is 0.000000479. The molecule has 0 aromatic heterocycles. The number of nitro groups is 1. The third kappa shape index (κ3) is 8.68. The summed E-state index contributed by atoms with van der Waals surface area (Å²) in [6.45, 7) is 6.84. The van der Waals surface area contributed by atoms with Gasteiger partial charge in [-0.25, -0.2) is 0 Å². The Bertz CT molecular complexity index is 854. The van der Waals surface area contributed by atoms with Gasteiger partial charge in [-0.05, 0) is 39.0 Å². The highest BCUT2D eigenvalue weighted by Crippen LogP contribution is 2.40. The molecule has 0 radical (unpaired) electrons. The van der Waals surface area contributed by atoms with Crippen LogP contribution in [0.25, 0.3) is 0 Å². The maximum absolute atomic E-state index is 11.0. The number of hydrogen-bond acceptors (Lipinski definition) is 7. The molecule has 0 aliphatic rings. The SMILES string of the molecule is CCNc1cc(Oc2c(Cl)cc(Cl)cc2Cl)ccc1[N+](=O)[O-].CCO[PH](=O)OCC. The van der Waals surface area contributed by atoms with Crippen LogP contribution in [0, 0.1) is 10.1 Å². The number of benzene rings is 2. The lowest BCUT2D eigenvalue weighted by atomic mass is 10.2. The van der Waals surface area contributed by atoms with Crippen LogP contribution in [0.2, 0.25) is 15.1 Å². The molecular weight excluding hydrogens is 478 g/mol. The zero-order valence-corrected chi connectivity index (χ0v) is 19.8. The van der Waals surface area contributed by atoms with Gasteiger partial charge in [-0.2, -0.15) is 0 Å². The summed E-state index contributed by atoms with van der Waals surface area (Å²) in [4.78, 5) is 10.5. The fourth-order valence-corrected chi connectivity index (χ4v) is 3.54. The highest BCUT2D eigenvalue weighted by Gasteiger charge is 2.16. The minimum atomic E-state index is -2.14. The molecule has 0 amide bonds. The number of rotatable bonds is 9. The second-order valence-corrected chi connectivity index (χ2v) is 7.71. The van der Waals surface area contributed by atoms with Crippen molar-refractivity contribution in [2.24, 2.45) is 0 Å². The van der Waals surface area contributed by atoms with E-state index in [1.54, 1.807) is 13.8 Å². The molecule has 0 saturated carbocycles. The molecule has 2 aromatic carbocycles. The molecule has 30 heavy (non-hydrogen) atoms. The first-order chi connectivity index (χ1) is 14.2. The predicted molar refractivity (Wildman–Crippen MR) is 121 cm³/mol. The van der Waals surface area contributed by atoms with E-state index in [0.717, 1.165) is 0 Å². The smallest absolute Gasteiger partial charge is 0.319 e. The Labute approximate surface area is 190 Å². The summed E-state index contributed by atoms with van der Waals surface area (Å²) in [5.41, 5.74) is 0.314. The molecule has 0 unspecified atom stereocenters. The van der Waals surface area contributed by atoms with Gasteiger partial charge in [0.2, 0.25) is 0 Å². The first-order valence-electron chi connectivity index (χ1n) is 8.87. The number of ether oxygens (including phenoxy) is 1. The summed E-state index contributed by atoms with van der Waals surface area (Å²) >= 11 is 17.9. The lowest BCUT2D eigenvalue weighted by Gasteiger charge is -2.12. The molecule has 1 N–H and O–H groups in total. The number of nitro benzene ring substituents is 1. The Hall–Kier alpha value is -1.54. The van der Waals surface area contributed by atoms with E-state index < -0.39 is 13.2 Å². The molecule has 0 atom stereocenters. The predicted octanol–water partition coefficient (Wildman–Crippen LogP) is 7.23. The zero-order valence-electron chi connectivity index (χ0n) is 16.5. The van der Waals surface area contributed by atoms with Crippen LogP contribution in [0.4, 0.5) is 11.4 Å². The molecule has 0 aliphatic carbocycles. The van der Waals surface area contributed by atoms with Crippen molar-refractivity contribution in [3.05, 3.63) is 55.5 Å². The zero-order chi connectivity index (χ0) is 22.7. The number of anilines is 1. The highest BCUT2D eigenvalue weighted by atomic mass is 35.5. The maximum atomic E-state index is 11.0. The highest BCUT2D eigenvalue weighted by molar-refractivity contribution is 7.33. The van der Waals surface area contributed by atoms with Crippen molar-refractivity contribution in [2.45, 2.75) is 20.8 Å². The van der Waals surface area contributed by atoms with E-state index in [2.05, 4.69) is 14.4 Å². The summed E-state index contributed by atoms with van der Waals surface area (Å²) in [6, 6.07) is 7.34. The summed E-state index contributed by atoms with van der Waals surface area (Å²) in [7, 11) is -2.14. The molecule has 12 heteroatoms. The topological polar surface area (TPSA) is 99.9 Å². The largest absolute Gasteiger partial charge is 0.454 e. The van der Waals surface area contributed by atoms with Gasteiger partial charge in [0.25, 0.3) is 5.69 Å². The van der Waals surface area contributed by atoms with E-state index in [1.807, 2.05) is 6.92 Å². The van der Waals surface area contributed by atoms with Crippen molar-refractivity contribution in [1.82, 2.24) is 0 Å². The molecule has 2 rings (SSSR count). The van der Waals surface area contributed by atoms with E-state index in [0.29, 0.717) is 36.2 Å². The first kappa shape index (κ1) is 26.5. The molecule has 0 bridgehead atoms. The van der Waals surface area contributed by atoms with Gasteiger partial charge in [0.15, 0.2) is 5.75 Å². The maximum Gasteiger partial charge on any atom is 0.319 e. The van der Waals surface area contributed by atoms with Crippen LogP contribution in [0.15, 0.2) is 30.3 Å². The minimum Gasteiger partial charge on any atom is -0.454 e. The Morgan fingerprint density at radius 1 is 1.03 bits per heavy atom. The quantitative estimate of drug-likeness (QED) is 0.221. The summed E-state index contributed by atoms with van der Waals surface area (Å²) in [5, 5.41) is 14.8. The van der Waals surface area contributed by atoms with Crippen molar-refractivity contribution in [1.29, 1.82) is 0 Å². The fourth-order valence-electron chi connectivity index (χ4n) is 2.09. The average Bonchev–Trinajstić information content (AvgIpc) is 2.66. The van der Waals surface area contributed by atoms with Crippen LogP contribution in [-0.4, -0.2) is 24.7 Å². The van der Waals surface area contributed by atoms with Crippen molar-refractivity contribution in [2.75, 3.05) is 25.1 Å². The Morgan fingerprint density at radius 2 is 1.60 bits per heavy atom.